The first-order chi connectivity index (χ1) is 8.43. The first kappa shape index (κ1) is 15.7. The van der Waals surface area contributed by atoms with Gasteiger partial charge in [-0.05, 0) is 40.4 Å². The van der Waals surface area contributed by atoms with E-state index in [0.29, 0.717) is 21.8 Å². The molecule has 1 N–H and O–H groups in total. The summed E-state index contributed by atoms with van der Waals surface area (Å²) in [5, 5.41) is 0. The van der Waals surface area contributed by atoms with E-state index in [1.807, 2.05) is 0 Å². The molecule has 0 atom stereocenters. The highest BCUT2D eigenvalue weighted by atomic mass is 79.9. The van der Waals surface area contributed by atoms with E-state index in [2.05, 4.69) is 34.5 Å². The summed E-state index contributed by atoms with van der Waals surface area (Å²) in [4.78, 5) is 0.300. The summed E-state index contributed by atoms with van der Waals surface area (Å²) in [6.07, 6.45) is 3.06. The number of unbranched alkanes of at least 4 members (excludes halogenated alkanes) is 1. The summed E-state index contributed by atoms with van der Waals surface area (Å²) in [6, 6.07) is 6.84. The highest BCUT2D eigenvalue weighted by Crippen LogP contribution is 2.20. The number of nitrogens with one attached hydrogen (secondary N) is 1. The van der Waals surface area contributed by atoms with Crippen LogP contribution in [0, 0.1) is 5.92 Å². The van der Waals surface area contributed by atoms with Gasteiger partial charge in [0.05, 0.1) is 4.90 Å². The monoisotopic (exact) mass is 333 g/mol. The SMILES string of the molecule is CC(C)CCCCNS(=O)(=O)c1ccccc1Br. The van der Waals surface area contributed by atoms with Crippen LogP contribution in [0.1, 0.15) is 33.1 Å². The summed E-state index contributed by atoms with van der Waals surface area (Å²) in [6.45, 7) is 4.84. The molecule has 1 aromatic rings. The average Bonchev–Trinajstić information content (AvgIpc) is 2.28. The second-order valence-electron chi connectivity index (χ2n) is 4.72. The molecule has 0 aromatic heterocycles. The van der Waals surface area contributed by atoms with Crippen LogP contribution in [-0.2, 0) is 10.0 Å². The van der Waals surface area contributed by atoms with Crippen molar-refractivity contribution in [3.05, 3.63) is 28.7 Å². The molecule has 0 fully saturated rings. The lowest BCUT2D eigenvalue weighted by Crippen LogP contribution is -2.25. The fraction of sp³-hybridized carbons (Fsp3) is 0.538. The van der Waals surface area contributed by atoms with E-state index in [9.17, 15) is 8.42 Å². The maximum absolute atomic E-state index is 12.0. The lowest BCUT2D eigenvalue weighted by atomic mass is 10.1. The van der Waals surface area contributed by atoms with Gasteiger partial charge < -0.3 is 0 Å². The molecule has 0 saturated heterocycles. The molecule has 102 valence electrons. The van der Waals surface area contributed by atoms with Crippen molar-refractivity contribution in [1.29, 1.82) is 0 Å². The molecule has 0 amide bonds. The molecule has 0 radical (unpaired) electrons. The molecule has 0 saturated carbocycles. The van der Waals surface area contributed by atoms with Crippen LogP contribution in [0.4, 0.5) is 0 Å². The number of hydrogen-bond donors (Lipinski definition) is 1. The van der Waals surface area contributed by atoms with E-state index in [1.54, 1.807) is 24.3 Å². The average molecular weight is 334 g/mol. The van der Waals surface area contributed by atoms with Gasteiger partial charge in [-0.1, -0.05) is 38.8 Å². The Kier molecular flexibility index (Phi) is 6.32. The highest BCUT2D eigenvalue weighted by Gasteiger charge is 2.15. The zero-order chi connectivity index (χ0) is 13.6. The number of benzene rings is 1. The van der Waals surface area contributed by atoms with E-state index in [0.717, 1.165) is 19.3 Å². The van der Waals surface area contributed by atoms with Crippen LogP contribution in [0.15, 0.2) is 33.6 Å². The molecule has 0 bridgehead atoms. The molecule has 0 unspecified atom stereocenters. The van der Waals surface area contributed by atoms with Crippen LogP contribution in [0.2, 0.25) is 0 Å². The van der Waals surface area contributed by atoms with Gasteiger partial charge in [-0.3, -0.25) is 0 Å². The standard InChI is InChI=1S/C13H20BrNO2S/c1-11(2)7-5-6-10-15-18(16,17)13-9-4-3-8-12(13)14/h3-4,8-9,11,15H,5-7,10H2,1-2H3. The van der Waals surface area contributed by atoms with Gasteiger partial charge in [-0.25, -0.2) is 13.1 Å². The third-order valence-electron chi connectivity index (χ3n) is 2.63. The molecule has 0 heterocycles. The number of hydrogen-bond acceptors (Lipinski definition) is 2. The summed E-state index contributed by atoms with van der Waals surface area (Å²) in [5.41, 5.74) is 0. The van der Waals surface area contributed by atoms with Crippen molar-refractivity contribution in [1.82, 2.24) is 4.72 Å². The molecule has 1 aromatic carbocycles. The molecule has 0 spiro atoms. The van der Waals surface area contributed by atoms with Gasteiger partial charge >= 0.3 is 0 Å². The Morgan fingerprint density at radius 3 is 2.50 bits per heavy atom. The zero-order valence-corrected chi connectivity index (χ0v) is 13.2. The fourth-order valence-electron chi connectivity index (χ4n) is 1.62. The van der Waals surface area contributed by atoms with Crippen LogP contribution in [0.5, 0.6) is 0 Å². The number of sulfonamides is 1. The van der Waals surface area contributed by atoms with Gasteiger partial charge in [0.1, 0.15) is 0 Å². The Hall–Kier alpha value is -0.390. The van der Waals surface area contributed by atoms with Crippen molar-refractivity contribution in [2.75, 3.05) is 6.54 Å². The topological polar surface area (TPSA) is 46.2 Å². The minimum Gasteiger partial charge on any atom is -0.211 e. The third-order valence-corrected chi connectivity index (χ3v) is 5.10. The molecule has 5 heteroatoms. The smallest absolute Gasteiger partial charge is 0.211 e. The van der Waals surface area contributed by atoms with Crippen molar-refractivity contribution in [2.45, 2.75) is 38.0 Å². The summed E-state index contributed by atoms with van der Waals surface area (Å²) < 4.78 is 27.2. The number of halogens is 1. The highest BCUT2D eigenvalue weighted by molar-refractivity contribution is 9.10. The van der Waals surface area contributed by atoms with Crippen LogP contribution in [0.3, 0.4) is 0 Å². The van der Waals surface area contributed by atoms with Crippen molar-refractivity contribution in [3.63, 3.8) is 0 Å². The Morgan fingerprint density at radius 2 is 1.89 bits per heavy atom. The molecule has 1 rings (SSSR count). The zero-order valence-electron chi connectivity index (χ0n) is 10.8. The first-order valence-electron chi connectivity index (χ1n) is 6.17. The van der Waals surface area contributed by atoms with Gasteiger partial charge in [0.15, 0.2) is 0 Å². The van der Waals surface area contributed by atoms with Crippen molar-refractivity contribution < 1.29 is 8.42 Å². The van der Waals surface area contributed by atoms with Gasteiger partial charge in [-0.15, -0.1) is 0 Å². The normalized spacial score (nSPS) is 12.0. The Bertz CT molecular complexity index is 472. The predicted octanol–water partition coefficient (Wildman–Crippen LogP) is 3.55. The predicted molar refractivity (Wildman–Crippen MR) is 78.0 cm³/mol. The minimum atomic E-state index is -3.39. The van der Waals surface area contributed by atoms with Crippen molar-refractivity contribution in [3.8, 4) is 0 Å². The van der Waals surface area contributed by atoms with Crippen molar-refractivity contribution in [2.24, 2.45) is 5.92 Å². The third kappa shape index (κ3) is 5.08. The van der Waals surface area contributed by atoms with E-state index >= 15 is 0 Å². The molecule has 18 heavy (non-hydrogen) atoms. The lowest BCUT2D eigenvalue weighted by molar-refractivity contribution is 0.530. The molecule has 3 nitrogen and oxygen atoms in total. The molecular formula is C13H20BrNO2S. The molecule has 0 aliphatic heterocycles. The van der Waals surface area contributed by atoms with Gasteiger partial charge in [-0.2, -0.15) is 0 Å². The van der Waals surface area contributed by atoms with Crippen LogP contribution < -0.4 is 4.72 Å². The quantitative estimate of drug-likeness (QED) is 0.775. The van der Waals surface area contributed by atoms with E-state index in [4.69, 9.17) is 0 Å². The van der Waals surface area contributed by atoms with E-state index < -0.39 is 10.0 Å². The van der Waals surface area contributed by atoms with Gasteiger partial charge in [0, 0.05) is 11.0 Å². The van der Waals surface area contributed by atoms with Crippen LogP contribution in [0.25, 0.3) is 0 Å². The van der Waals surface area contributed by atoms with Crippen LogP contribution >= 0.6 is 15.9 Å². The molecule has 0 aliphatic rings. The van der Waals surface area contributed by atoms with E-state index in [1.165, 1.54) is 0 Å². The van der Waals surface area contributed by atoms with Crippen molar-refractivity contribution >= 4 is 26.0 Å². The van der Waals surface area contributed by atoms with E-state index in [-0.39, 0.29) is 0 Å². The lowest BCUT2D eigenvalue weighted by Gasteiger charge is -2.08. The Morgan fingerprint density at radius 1 is 1.22 bits per heavy atom. The van der Waals surface area contributed by atoms with Gasteiger partial charge in [0.2, 0.25) is 10.0 Å². The summed E-state index contributed by atoms with van der Waals surface area (Å²) in [7, 11) is -3.39. The number of rotatable bonds is 7. The maximum atomic E-state index is 12.0. The largest absolute Gasteiger partial charge is 0.241 e. The summed E-state index contributed by atoms with van der Waals surface area (Å²) in [5.74, 6) is 0.671. The Balaban J connectivity index is 2.49. The van der Waals surface area contributed by atoms with Crippen LogP contribution in [-0.4, -0.2) is 15.0 Å². The molecule has 0 aliphatic carbocycles. The Labute approximate surface area is 118 Å². The molecular weight excluding hydrogens is 314 g/mol. The maximum Gasteiger partial charge on any atom is 0.241 e. The second-order valence-corrected chi connectivity index (χ2v) is 7.31. The van der Waals surface area contributed by atoms with Gasteiger partial charge in [0.25, 0.3) is 0 Å². The first-order valence-corrected chi connectivity index (χ1v) is 8.45. The second kappa shape index (κ2) is 7.26. The summed E-state index contributed by atoms with van der Waals surface area (Å²) >= 11 is 3.25. The fourth-order valence-corrected chi connectivity index (χ4v) is 3.70. The minimum absolute atomic E-state index is 0.300.